The minimum absolute atomic E-state index is 0.160. The lowest BCUT2D eigenvalue weighted by Gasteiger charge is -2.21. The molecule has 0 aliphatic heterocycles. The maximum Gasteiger partial charge on any atom is 0.179 e. The molecule has 0 spiro atoms. The number of hydrogen-bond acceptors (Lipinski definition) is 2. The highest BCUT2D eigenvalue weighted by atomic mass is 15.1. The molecule has 16 heavy (non-hydrogen) atoms. The minimum Gasteiger partial charge on any atom is -0.309 e. The van der Waals surface area contributed by atoms with Crippen molar-refractivity contribution in [1.82, 2.24) is 4.90 Å². The summed E-state index contributed by atoms with van der Waals surface area (Å²) in [7, 11) is 1.81. The molecule has 1 rings (SSSR count). The van der Waals surface area contributed by atoms with Gasteiger partial charge in [0.25, 0.3) is 0 Å². The molecule has 0 aromatic heterocycles. The van der Waals surface area contributed by atoms with Crippen LogP contribution in [0.25, 0.3) is 0 Å². The normalized spacial score (nSPS) is 11.0. The molecule has 0 unspecified atom stereocenters. The van der Waals surface area contributed by atoms with Crippen LogP contribution >= 0.6 is 0 Å². The second kappa shape index (κ2) is 4.57. The lowest BCUT2D eigenvalue weighted by molar-refractivity contribution is 0.467. The fourth-order valence-electron chi connectivity index (χ4n) is 1.60. The van der Waals surface area contributed by atoms with Crippen LogP contribution in [0.3, 0.4) is 0 Å². The summed E-state index contributed by atoms with van der Waals surface area (Å²) in [5.74, 6) is 0. The smallest absolute Gasteiger partial charge is 0.179 e. The van der Waals surface area contributed by atoms with Crippen molar-refractivity contribution in [3.63, 3.8) is 0 Å². The average molecular weight is 216 g/mol. The van der Waals surface area contributed by atoms with E-state index in [9.17, 15) is 0 Å². The van der Waals surface area contributed by atoms with E-state index >= 15 is 0 Å². The molecule has 0 aliphatic carbocycles. The summed E-state index contributed by atoms with van der Waals surface area (Å²) in [5.41, 5.74) is 3.96. The van der Waals surface area contributed by atoms with E-state index in [1.54, 1.807) is 4.90 Å². The molecule has 0 heterocycles. The Labute approximate surface area is 98.5 Å². The first kappa shape index (κ1) is 12.6. The summed E-state index contributed by atoms with van der Waals surface area (Å²) < 4.78 is 0. The molecule has 2 heteroatoms. The van der Waals surface area contributed by atoms with Gasteiger partial charge in [0.05, 0.1) is 6.54 Å². The van der Waals surface area contributed by atoms with Crippen molar-refractivity contribution < 1.29 is 0 Å². The number of rotatable bonds is 2. The second-order valence-corrected chi connectivity index (χ2v) is 5.35. The van der Waals surface area contributed by atoms with Crippen LogP contribution in [-0.4, -0.2) is 11.9 Å². The van der Waals surface area contributed by atoms with Crippen LogP contribution in [0.5, 0.6) is 0 Å². The number of aryl methyl sites for hydroxylation is 1. The van der Waals surface area contributed by atoms with Gasteiger partial charge in [0.2, 0.25) is 0 Å². The van der Waals surface area contributed by atoms with E-state index in [4.69, 9.17) is 5.26 Å². The Kier molecular flexibility index (Phi) is 3.59. The zero-order valence-corrected chi connectivity index (χ0v) is 10.8. The third kappa shape index (κ3) is 3.00. The van der Waals surface area contributed by atoms with Gasteiger partial charge in [0.15, 0.2) is 6.19 Å². The zero-order chi connectivity index (χ0) is 12.3. The lowest BCUT2D eigenvalue weighted by Crippen LogP contribution is -2.15. The first-order valence-corrected chi connectivity index (χ1v) is 5.55. The Morgan fingerprint density at radius 1 is 1.31 bits per heavy atom. The van der Waals surface area contributed by atoms with Gasteiger partial charge in [-0.25, -0.2) is 0 Å². The molecule has 1 aromatic rings. The molecule has 0 saturated carbocycles. The van der Waals surface area contributed by atoms with Crippen LogP contribution in [0.2, 0.25) is 0 Å². The van der Waals surface area contributed by atoms with Crippen molar-refractivity contribution in [3.8, 4) is 6.19 Å². The summed E-state index contributed by atoms with van der Waals surface area (Å²) in [6, 6.07) is 6.52. The largest absolute Gasteiger partial charge is 0.309 e. The van der Waals surface area contributed by atoms with E-state index in [0.717, 1.165) is 0 Å². The van der Waals surface area contributed by atoms with Gasteiger partial charge in [0, 0.05) is 7.05 Å². The van der Waals surface area contributed by atoms with Crippen LogP contribution in [0.4, 0.5) is 0 Å². The number of benzene rings is 1. The molecule has 0 aliphatic rings. The molecule has 2 nitrogen and oxygen atoms in total. The van der Waals surface area contributed by atoms with Gasteiger partial charge in [-0.1, -0.05) is 39.0 Å². The van der Waals surface area contributed by atoms with Gasteiger partial charge in [-0.3, -0.25) is 0 Å². The topological polar surface area (TPSA) is 27.0 Å². The molecular weight excluding hydrogens is 196 g/mol. The molecular formula is C14H20N2. The first-order chi connectivity index (χ1) is 7.34. The van der Waals surface area contributed by atoms with Crippen LogP contribution in [0.15, 0.2) is 18.2 Å². The van der Waals surface area contributed by atoms with Crippen molar-refractivity contribution >= 4 is 0 Å². The Morgan fingerprint density at radius 3 is 2.44 bits per heavy atom. The molecule has 0 radical (unpaired) electrons. The van der Waals surface area contributed by atoms with Crippen LogP contribution in [-0.2, 0) is 12.0 Å². The third-order valence-electron chi connectivity index (χ3n) is 2.79. The third-order valence-corrected chi connectivity index (χ3v) is 2.79. The van der Waals surface area contributed by atoms with Gasteiger partial charge >= 0.3 is 0 Å². The molecule has 0 N–H and O–H groups in total. The van der Waals surface area contributed by atoms with Gasteiger partial charge in [-0.05, 0) is 29.0 Å². The standard InChI is InChI=1S/C14H20N2/c1-11-6-7-13(14(2,3)4)8-12(11)9-16(5)10-15/h6-8H,9H2,1-5H3. The lowest BCUT2D eigenvalue weighted by atomic mass is 9.85. The molecule has 0 fully saturated rings. The molecule has 1 aromatic carbocycles. The highest BCUT2D eigenvalue weighted by Gasteiger charge is 2.14. The number of nitrogens with zero attached hydrogens (tertiary/aromatic N) is 2. The minimum atomic E-state index is 0.160. The zero-order valence-electron chi connectivity index (χ0n) is 10.8. The van der Waals surface area contributed by atoms with Crippen LogP contribution in [0.1, 0.15) is 37.5 Å². The molecule has 86 valence electrons. The van der Waals surface area contributed by atoms with Crippen LogP contribution in [0, 0.1) is 18.4 Å². The van der Waals surface area contributed by atoms with E-state index in [1.807, 2.05) is 7.05 Å². The fraction of sp³-hybridized carbons (Fsp3) is 0.500. The van der Waals surface area contributed by atoms with Crippen molar-refractivity contribution in [2.75, 3.05) is 7.05 Å². The Morgan fingerprint density at radius 2 is 1.94 bits per heavy atom. The van der Waals surface area contributed by atoms with Crippen molar-refractivity contribution in [3.05, 3.63) is 34.9 Å². The van der Waals surface area contributed by atoms with Crippen LogP contribution < -0.4 is 0 Å². The van der Waals surface area contributed by atoms with Crippen molar-refractivity contribution in [2.24, 2.45) is 0 Å². The molecule has 0 amide bonds. The number of nitriles is 1. The van der Waals surface area contributed by atoms with Gasteiger partial charge in [-0.2, -0.15) is 5.26 Å². The summed E-state index contributed by atoms with van der Waals surface area (Å²) in [6.45, 7) is 9.39. The molecule has 0 bridgehead atoms. The highest BCUT2D eigenvalue weighted by molar-refractivity contribution is 5.34. The first-order valence-electron chi connectivity index (χ1n) is 5.55. The quantitative estimate of drug-likeness (QED) is 0.560. The Bertz CT molecular complexity index is 408. The van der Waals surface area contributed by atoms with E-state index in [0.29, 0.717) is 6.54 Å². The molecule has 0 atom stereocenters. The average Bonchev–Trinajstić information content (AvgIpc) is 2.19. The Hall–Kier alpha value is -1.49. The van der Waals surface area contributed by atoms with Gasteiger partial charge < -0.3 is 4.90 Å². The summed E-state index contributed by atoms with van der Waals surface area (Å²) in [4.78, 5) is 1.65. The van der Waals surface area contributed by atoms with E-state index in [1.165, 1.54) is 16.7 Å². The van der Waals surface area contributed by atoms with Crippen molar-refractivity contribution in [2.45, 2.75) is 39.7 Å². The Balaban J connectivity index is 3.05. The maximum atomic E-state index is 8.79. The van der Waals surface area contributed by atoms with E-state index in [-0.39, 0.29) is 5.41 Å². The predicted molar refractivity (Wildman–Crippen MR) is 67.0 cm³/mol. The fourth-order valence-corrected chi connectivity index (χ4v) is 1.60. The SMILES string of the molecule is Cc1ccc(C(C)(C)C)cc1CN(C)C#N. The summed E-state index contributed by atoms with van der Waals surface area (Å²) in [6.07, 6.45) is 2.13. The summed E-state index contributed by atoms with van der Waals surface area (Å²) >= 11 is 0. The second-order valence-electron chi connectivity index (χ2n) is 5.35. The van der Waals surface area contributed by atoms with E-state index in [2.05, 4.69) is 52.1 Å². The monoisotopic (exact) mass is 216 g/mol. The predicted octanol–water partition coefficient (Wildman–Crippen LogP) is 3.21. The maximum absolute atomic E-state index is 8.79. The highest BCUT2D eigenvalue weighted by Crippen LogP contribution is 2.24. The van der Waals surface area contributed by atoms with E-state index < -0.39 is 0 Å². The van der Waals surface area contributed by atoms with Gasteiger partial charge in [-0.15, -0.1) is 0 Å². The number of hydrogen-bond donors (Lipinski definition) is 0. The molecule has 0 saturated heterocycles. The van der Waals surface area contributed by atoms with Crippen molar-refractivity contribution in [1.29, 1.82) is 5.26 Å². The van der Waals surface area contributed by atoms with Gasteiger partial charge in [0.1, 0.15) is 0 Å². The summed E-state index contributed by atoms with van der Waals surface area (Å²) in [5, 5.41) is 8.79.